The summed E-state index contributed by atoms with van der Waals surface area (Å²) in [6, 6.07) is 20.1. The van der Waals surface area contributed by atoms with Gasteiger partial charge in [-0.2, -0.15) is 0 Å². The van der Waals surface area contributed by atoms with Gasteiger partial charge in [-0.25, -0.2) is 4.79 Å². The van der Waals surface area contributed by atoms with E-state index < -0.39 is 6.09 Å². The van der Waals surface area contributed by atoms with Gasteiger partial charge in [0.15, 0.2) is 11.5 Å². The Hall–Kier alpha value is -3.60. The number of methoxy groups -OCH3 is 1. The molecule has 0 bridgehead atoms. The van der Waals surface area contributed by atoms with Crippen LogP contribution in [0.15, 0.2) is 72.9 Å². The molecule has 0 saturated carbocycles. The zero-order chi connectivity index (χ0) is 18.2. The van der Waals surface area contributed by atoms with Crippen molar-refractivity contribution in [2.45, 2.75) is 0 Å². The first-order valence-electron chi connectivity index (χ1n) is 8.05. The first-order valence-corrected chi connectivity index (χ1v) is 8.05. The van der Waals surface area contributed by atoms with Crippen LogP contribution in [0, 0.1) is 0 Å². The van der Waals surface area contributed by atoms with Gasteiger partial charge >= 0.3 is 6.09 Å². The van der Waals surface area contributed by atoms with Gasteiger partial charge in [0.1, 0.15) is 0 Å². The van der Waals surface area contributed by atoms with E-state index in [1.165, 1.54) is 7.11 Å². The number of nitrogens with zero attached hydrogens (tertiary/aromatic N) is 1. The fourth-order valence-corrected chi connectivity index (χ4v) is 2.29. The van der Waals surface area contributed by atoms with E-state index in [1.54, 1.807) is 30.5 Å². The molecule has 0 aliphatic carbocycles. The molecule has 3 aromatic rings. The van der Waals surface area contributed by atoms with E-state index in [-0.39, 0.29) is 0 Å². The molecule has 130 valence electrons. The normalized spacial score (nSPS) is 10.5. The molecule has 26 heavy (non-hydrogen) atoms. The number of amides is 1. The lowest BCUT2D eigenvalue weighted by atomic mass is 10.1. The van der Waals surface area contributed by atoms with Gasteiger partial charge in [-0.15, -0.1) is 0 Å². The quantitative estimate of drug-likeness (QED) is 0.716. The Bertz CT molecular complexity index is 894. The van der Waals surface area contributed by atoms with Crippen LogP contribution in [0.4, 0.5) is 10.5 Å². The molecule has 0 fully saturated rings. The SMILES string of the molecule is COc1cc(/C=C/c2ccccn2)ccc1OC(=O)Nc1ccccc1. The van der Waals surface area contributed by atoms with Crippen LogP contribution in [0.2, 0.25) is 0 Å². The smallest absolute Gasteiger partial charge is 0.417 e. The fourth-order valence-electron chi connectivity index (χ4n) is 2.29. The number of pyridine rings is 1. The highest BCUT2D eigenvalue weighted by Gasteiger charge is 2.10. The van der Waals surface area contributed by atoms with Gasteiger partial charge in [0.25, 0.3) is 0 Å². The highest BCUT2D eigenvalue weighted by Crippen LogP contribution is 2.29. The number of anilines is 1. The molecule has 0 atom stereocenters. The summed E-state index contributed by atoms with van der Waals surface area (Å²) in [6.07, 6.45) is 4.98. The number of rotatable bonds is 5. The van der Waals surface area contributed by atoms with E-state index in [4.69, 9.17) is 9.47 Å². The summed E-state index contributed by atoms with van der Waals surface area (Å²) in [4.78, 5) is 16.3. The summed E-state index contributed by atoms with van der Waals surface area (Å²) in [5.74, 6) is 0.812. The Morgan fingerprint density at radius 3 is 2.50 bits per heavy atom. The Labute approximate surface area is 151 Å². The zero-order valence-corrected chi connectivity index (χ0v) is 14.3. The predicted octanol–water partition coefficient (Wildman–Crippen LogP) is 4.87. The van der Waals surface area contributed by atoms with Crippen molar-refractivity contribution in [1.82, 2.24) is 4.98 Å². The third-order valence-corrected chi connectivity index (χ3v) is 3.54. The number of nitrogens with one attached hydrogen (secondary N) is 1. The largest absolute Gasteiger partial charge is 0.493 e. The third kappa shape index (κ3) is 4.70. The van der Waals surface area contributed by atoms with Crippen molar-refractivity contribution < 1.29 is 14.3 Å². The summed E-state index contributed by atoms with van der Waals surface area (Å²) in [5, 5.41) is 2.66. The van der Waals surface area contributed by atoms with Gasteiger partial charge < -0.3 is 9.47 Å². The molecule has 0 aliphatic heterocycles. The van der Waals surface area contributed by atoms with E-state index in [0.717, 1.165) is 11.3 Å². The Kier molecular flexibility index (Phi) is 5.62. The molecule has 1 heterocycles. The summed E-state index contributed by atoms with van der Waals surface area (Å²) >= 11 is 0. The summed E-state index contributed by atoms with van der Waals surface area (Å²) in [5.41, 5.74) is 2.42. The number of carbonyl (C=O) groups is 1. The maximum Gasteiger partial charge on any atom is 0.417 e. The molecule has 1 N–H and O–H groups in total. The Balaban J connectivity index is 1.70. The lowest BCUT2D eigenvalue weighted by Gasteiger charge is -2.11. The van der Waals surface area contributed by atoms with Gasteiger partial charge in [-0.3, -0.25) is 10.3 Å². The second-order valence-electron chi connectivity index (χ2n) is 5.38. The van der Waals surface area contributed by atoms with Crippen molar-refractivity contribution in [3.63, 3.8) is 0 Å². The molecular formula is C21H18N2O3. The molecule has 0 unspecified atom stereocenters. The lowest BCUT2D eigenvalue weighted by molar-refractivity contribution is 0.213. The van der Waals surface area contributed by atoms with E-state index in [1.807, 2.05) is 54.6 Å². The molecule has 1 aromatic heterocycles. The minimum atomic E-state index is -0.578. The molecular weight excluding hydrogens is 328 g/mol. The van der Waals surface area contributed by atoms with E-state index in [0.29, 0.717) is 17.2 Å². The van der Waals surface area contributed by atoms with Crippen LogP contribution in [0.3, 0.4) is 0 Å². The van der Waals surface area contributed by atoms with Gasteiger partial charge in [0.05, 0.1) is 12.8 Å². The molecule has 5 heteroatoms. The number of benzene rings is 2. The average molecular weight is 346 g/mol. The van der Waals surface area contributed by atoms with Crippen molar-refractivity contribution in [2.75, 3.05) is 12.4 Å². The Morgan fingerprint density at radius 1 is 0.962 bits per heavy atom. The highest BCUT2D eigenvalue weighted by atomic mass is 16.6. The van der Waals surface area contributed by atoms with Crippen molar-refractivity contribution in [3.8, 4) is 11.5 Å². The highest BCUT2D eigenvalue weighted by molar-refractivity contribution is 5.86. The molecule has 2 aromatic carbocycles. The molecule has 3 rings (SSSR count). The average Bonchev–Trinajstić information content (AvgIpc) is 2.68. The fraction of sp³-hybridized carbons (Fsp3) is 0.0476. The molecule has 0 saturated heterocycles. The van der Waals surface area contributed by atoms with Crippen LogP contribution >= 0.6 is 0 Å². The predicted molar refractivity (Wildman–Crippen MR) is 102 cm³/mol. The van der Waals surface area contributed by atoms with Crippen LogP contribution in [0.1, 0.15) is 11.3 Å². The van der Waals surface area contributed by atoms with E-state index in [9.17, 15) is 4.79 Å². The zero-order valence-electron chi connectivity index (χ0n) is 14.3. The maximum absolute atomic E-state index is 12.0. The first kappa shape index (κ1) is 17.2. The second-order valence-corrected chi connectivity index (χ2v) is 5.38. The summed E-state index contributed by atoms with van der Waals surface area (Å²) in [7, 11) is 1.53. The van der Waals surface area contributed by atoms with Gasteiger partial charge in [-0.1, -0.05) is 36.4 Å². The van der Waals surface area contributed by atoms with Crippen molar-refractivity contribution in [1.29, 1.82) is 0 Å². The van der Waals surface area contributed by atoms with Crippen molar-refractivity contribution in [2.24, 2.45) is 0 Å². The summed E-state index contributed by atoms with van der Waals surface area (Å²) in [6.45, 7) is 0. The Morgan fingerprint density at radius 2 is 1.77 bits per heavy atom. The van der Waals surface area contributed by atoms with E-state index in [2.05, 4.69) is 10.3 Å². The molecule has 0 radical (unpaired) electrons. The van der Waals surface area contributed by atoms with Crippen molar-refractivity contribution >= 4 is 23.9 Å². The standard InChI is InChI=1S/C21H18N2O3/c1-25-20-15-16(10-12-17-7-5-6-14-22-17)11-13-19(20)26-21(24)23-18-8-3-2-4-9-18/h2-15H,1H3,(H,23,24)/b12-10+. The minimum Gasteiger partial charge on any atom is -0.493 e. The van der Waals surface area contributed by atoms with Crippen LogP contribution in [-0.2, 0) is 0 Å². The van der Waals surface area contributed by atoms with Gasteiger partial charge in [0, 0.05) is 11.9 Å². The van der Waals surface area contributed by atoms with Crippen molar-refractivity contribution in [3.05, 3.63) is 84.2 Å². The lowest BCUT2D eigenvalue weighted by Crippen LogP contribution is -2.17. The van der Waals surface area contributed by atoms with Crippen LogP contribution < -0.4 is 14.8 Å². The minimum absolute atomic E-state index is 0.343. The molecule has 0 spiro atoms. The van der Waals surface area contributed by atoms with Crippen LogP contribution in [-0.4, -0.2) is 18.2 Å². The van der Waals surface area contributed by atoms with Gasteiger partial charge in [-0.05, 0) is 48.0 Å². The number of aromatic nitrogens is 1. The number of carbonyl (C=O) groups excluding carboxylic acids is 1. The van der Waals surface area contributed by atoms with E-state index >= 15 is 0 Å². The number of para-hydroxylation sites is 1. The summed E-state index contributed by atoms with van der Waals surface area (Å²) < 4.78 is 10.7. The molecule has 0 aliphatic rings. The molecule has 5 nitrogen and oxygen atoms in total. The maximum atomic E-state index is 12.0. The second kappa shape index (κ2) is 8.48. The third-order valence-electron chi connectivity index (χ3n) is 3.54. The number of hydrogen-bond donors (Lipinski definition) is 1. The van der Waals surface area contributed by atoms with Crippen LogP contribution in [0.5, 0.6) is 11.5 Å². The number of hydrogen-bond acceptors (Lipinski definition) is 4. The topological polar surface area (TPSA) is 60.5 Å². The monoisotopic (exact) mass is 346 g/mol. The molecule has 1 amide bonds. The van der Waals surface area contributed by atoms with Crippen LogP contribution in [0.25, 0.3) is 12.2 Å². The number of ether oxygens (including phenoxy) is 2. The van der Waals surface area contributed by atoms with Gasteiger partial charge in [0.2, 0.25) is 0 Å². The first-order chi connectivity index (χ1) is 12.7.